The zero-order chi connectivity index (χ0) is 49.6. The molecule has 3 aliphatic rings. The maximum atomic E-state index is 2.65. The molecular weight excluding hydrogens is 903 g/mol. The van der Waals surface area contributed by atoms with Crippen molar-refractivity contribution in [1.29, 1.82) is 0 Å². The molecule has 0 amide bonds. The molecule has 0 bridgehead atoms. The summed E-state index contributed by atoms with van der Waals surface area (Å²) in [6.45, 7) is 4.85. The van der Waals surface area contributed by atoms with E-state index in [1.807, 2.05) is 0 Å². The number of hydrogen-bond donors (Lipinski definition) is 0. The van der Waals surface area contributed by atoms with Gasteiger partial charge in [0.1, 0.15) is 0 Å². The van der Waals surface area contributed by atoms with Gasteiger partial charge in [-0.2, -0.15) is 0 Å². The summed E-state index contributed by atoms with van der Waals surface area (Å²) < 4.78 is 0. The molecule has 0 atom stereocenters. The van der Waals surface area contributed by atoms with Crippen molar-refractivity contribution in [2.45, 2.75) is 24.7 Å². The number of rotatable bonds is 5. The lowest BCUT2D eigenvalue weighted by Crippen LogP contribution is -2.26. The van der Waals surface area contributed by atoms with Gasteiger partial charge in [-0.3, -0.25) is 0 Å². The largest absolute Gasteiger partial charge is 0.310 e. The first-order valence-electron chi connectivity index (χ1n) is 26.4. The summed E-state index contributed by atoms with van der Waals surface area (Å²) in [5, 5.41) is 10.1. The van der Waals surface area contributed by atoms with Crippen LogP contribution in [0.4, 0.5) is 17.1 Å². The predicted octanol–water partition coefficient (Wildman–Crippen LogP) is 19.8. The van der Waals surface area contributed by atoms with Crippen molar-refractivity contribution in [2.75, 3.05) is 4.90 Å². The Balaban J connectivity index is 1.04. The maximum Gasteiger partial charge on any atom is 0.0726 e. The van der Waals surface area contributed by atoms with Crippen molar-refractivity contribution in [3.63, 3.8) is 0 Å². The fourth-order valence-electron chi connectivity index (χ4n) is 14.3. The highest BCUT2D eigenvalue weighted by Crippen LogP contribution is 2.65. The molecule has 13 aromatic carbocycles. The van der Waals surface area contributed by atoms with Crippen molar-refractivity contribution < 1.29 is 0 Å². The number of nitrogens with zero attached hydrogens (tertiary/aromatic N) is 1. The summed E-state index contributed by atoms with van der Waals surface area (Å²) in [5.41, 5.74) is 23.2. The fraction of sp³-hybridized carbons (Fsp3) is 0.0541. The van der Waals surface area contributed by atoms with E-state index in [2.05, 4.69) is 280 Å². The third-order valence-corrected chi connectivity index (χ3v) is 17.4. The average Bonchev–Trinajstić information content (AvgIpc) is 4.24. The Kier molecular flexibility index (Phi) is 8.79. The van der Waals surface area contributed by atoms with Crippen molar-refractivity contribution >= 4 is 60.2 Å². The van der Waals surface area contributed by atoms with Gasteiger partial charge in [0.2, 0.25) is 0 Å². The maximum absolute atomic E-state index is 2.65. The number of anilines is 3. The van der Waals surface area contributed by atoms with Crippen LogP contribution in [0.25, 0.3) is 98.7 Å². The molecule has 0 aromatic heterocycles. The van der Waals surface area contributed by atoms with Gasteiger partial charge in [0.15, 0.2) is 0 Å². The van der Waals surface area contributed by atoms with Crippen LogP contribution in [-0.4, -0.2) is 0 Å². The van der Waals surface area contributed by atoms with E-state index in [4.69, 9.17) is 0 Å². The molecule has 3 aliphatic carbocycles. The van der Waals surface area contributed by atoms with E-state index in [0.717, 1.165) is 11.4 Å². The molecule has 75 heavy (non-hydrogen) atoms. The van der Waals surface area contributed by atoms with Crippen molar-refractivity contribution in [3.05, 3.63) is 294 Å². The van der Waals surface area contributed by atoms with Crippen molar-refractivity contribution in [2.24, 2.45) is 0 Å². The van der Waals surface area contributed by atoms with E-state index in [-0.39, 0.29) is 5.41 Å². The predicted molar refractivity (Wildman–Crippen MR) is 316 cm³/mol. The summed E-state index contributed by atoms with van der Waals surface area (Å²) >= 11 is 0. The van der Waals surface area contributed by atoms with E-state index in [0.29, 0.717) is 0 Å². The average molecular weight is 952 g/mol. The van der Waals surface area contributed by atoms with Gasteiger partial charge < -0.3 is 4.90 Å². The number of fused-ring (bicyclic) bond motifs is 20. The van der Waals surface area contributed by atoms with Crippen LogP contribution in [0.2, 0.25) is 0 Å². The van der Waals surface area contributed by atoms with Gasteiger partial charge in [0.05, 0.1) is 16.8 Å². The van der Waals surface area contributed by atoms with E-state index < -0.39 is 5.41 Å². The molecule has 0 unspecified atom stereocenters. The summed E-state index contributed by atoms with van der Waals surface area (Å²) in [4.78, 5) is 2.65. The second-order valence-electron chi connectivity index (χ2n) is 21.4. The molecular formula is C74H49N. The fourth-order valence-corrected chi connectivity index (χ4v) is 14.3. The topological polar surface area (TPSA) is 3.24 Å². The number of hydrogen-bond acceptors (Lipinski definition) is 1. The molecule has 13 aromatic rings. The number of benzene rings is 13. The standard InChI is InChI=1S/C74H49N/c1-73(2)65-32-13-9-28-59(65)61-31-18-36-70(72(61)73)75(49-41-42-56-54-24-6-5-22-52(54)53-23-7-8-25-55(53)63(56)43-49)71-45-69-64(44-62(71)48-39-37-47(38-40-48)51-30-17-20-46-19-3-4-21-50(46)51)60-29-12-16-35-68(60)74(69)66-33-14-10-26-57(66)58-27-11-15-34-67(58)74/h3-45H,1-2H3. The zero-order valence-corrected chi connectivity index (χ0v) is 41.8. The van der Waals surface area contributed by atoms with E-state index in [9.17, 15) is 0 Å². The van der Waals surface area contributed by atoms with E-state index >= 15 is 0 Å². The third kappa shape index (κ3) is 5.73. The van der Waals surface area contributed by atoms with E-state index in [1.54, 1.807) is 0 Å². The summed E-state index contributed by atoms with van der Waals surface area (Å²) in [7, 11) is 0. The highest BCUT2D eigenvalue weighted by Gasteiger charge is 2.52. The smallest absolute Gasteiger partial charge is 0.0726 e. The van der Waals surface area contributed by atoms with Crippen LogP contribution in [-0.2, 0) is 10.8 Å². The first-order chi connectivity index (χ1) is 37.0. The second-order valence-corrected chi connectivity index (χ2v) is 21.4. The Hall–Kier alpha value is -9.30. The Morgan fingerprint density at radius 3 is 1.33 bits per heavy atom. The van der Waals surface area contributed by atoms with Gasteiger partial charge in [-0.15, -0.1) is 0 Å². The normalized spacial score (nSPS) is 13.9. The van der Waals surface area contributed by atoms with Gasteiger partial charge >= 0.3 is 0 Å². The lowest BCUT2D eigenvalue weighted by Gasteiger charge is -2.35. The molecule has 1 nitrogen and oxygen atoms in total. The Bertz CT molecular complexity index is 4480. The van der Waals surface area contributed by atoms with Gasteiger partial charge in [0.25, 0.3) is 0 Å². The molecule has 0 saturated carbocycles. The molecule has 350 valence electrons. The molecule has 16 rings (SSSR count). The van der Waals surface area contributed by atoms with Crippen LogP contribution in [0.3, 0.4) is 0 Å². The zero-order valence-electron chi connectivity index (χ0n) is 41.8. The van der Waals surface area contributed by atoms with Gasteiger partial charge in [-0.25, -0.2) is 0 Å². The Morgan fingerprint density at radius 2 is 0.707 bits per heavy atom. The summed E-state index contributed by atoms with van der Waals surface area (Å²) in [6.07, 6.45) is 0. The van der Waals surface area contributed by atoms with Gasteiger partial charge in [0, 0.05) is 16.7 Å². The van der Waals surface area contributed by atoms with E-state index in [1.165, 1.54) is 138 Å². The van der Waals surface area contributed by atoms with Crippen LogP contribution < -0.4 is 4.90 Å². The summed E-state index contributed by atoms with van der Waals surface area (Å²) in [5.74, 6) is 0. The quantitative estimate of drug-likeness (QED) is 0.155. The minimum Gasteiger partial charge on any atom is -0.310 e. The van der Waals surface area contributed by atoms with Crippen LogP contribution in [0, 0.1) is 0 Å². The van der Waals surface area contributed by atoms with Crippen LogP contribution in [0.5, 0.6) is 0 Å². The van der Waals surface area contributed by atoms with Gasteiger partial charge in [-0.1, -0.05) is 244 Å². The minimum atomic E-state index is -0.539. The molecule has 0 fully saturated rings. The monoisotopic (exact) mass is 951 g/mol. The minimum absolute atomic E-state index is 0.293. The molecule has 0 N–H and O–H groups in total. The van der Waals surface area contributed by atoms with Crippen LogP contribution in [0.15, 0.2) is 261 Å². The van der Waals surface area contributed by atoms with Gasteiger partial charge in [-0.05, 0) is 157 Å². The molecule has 1 heteroatoms. The first-order valence-corrected chi connectivity index (χ1v) is 26.4. The second kappa shape index (κ2) is 15.6. The Labute approximate surface area is 437 Å². The van der Waals surface area contributed by atoms with Crippen LogP contribution in [0.1, 0.15) is 47.2 Å². The van der Waals surface area contributed by atoms with Crippen molar-refractivity contribution in [1.82, 2.24) is 0 Å². The van der Waals surface area contributed by atoms with Crippen LogP contribution >= 0.6 is 0 Å². The SMILES string of the molecule is CC1(C)c2ccccc2-c2cccc(N(c3ccc4c5ccccc5c5ccccc5c4c3)c3cc4c(cc3-c3ccc(-c5cccc6ccccc56)cc3)-c3ccccc3C43c4ccccc4-c4ccccc43)c21. The lowest BCUT2D eigenvalue weighted by molar-refractivity contribution is 0.661. The third-order valence-electron chi connectivity index (χ3n) is 17.4. The summed E-state index contributed by atoms with van der Waals surface area (Å²) in [6, 6.07) is 98.8. The molecule has 0 heterocycles. The van der Waals surface area contributed by atoms with Crippen molar-refractivity contribution in [3.8, 4) is 55.6 Å². The highest BCUT2D eigenvalue weighted by atomic mass is 15.1. The first kappa shape index (κ1) is 42.2. The molecule has 0 saturated heterocycles. The highest BCUT2D eigenvalue weighted by molar-refractivity contribution is 6.26. The Morgan fingerprint density at radius 1 is 0.267 bits per heavy atom. The lowest BCUT2D eigenvalue weighted by atomic mass is 9.70. The molecule has 1 spiro atoms. The molecule has 0 aliphatic heterocycles. The molecule has 0 radical (unpaired) electrons.